The number of nitrogens with two attached hydrogens (primary N) is 2. The van der Waals surface area contributed by atoms with Crippen LogP contribution in [0.25, 0.3) is 0 Å². The molecule has 6 heteroatoms. The number of carbonyl (C=O) groups excluding carboxylic acids is 2. The molecule has 0 atom stereocenters. The normalized spacial score (nSPS) is 9.83. The Morgan fingerprint density at radius 1 is 1.17 bits per heavy atom. The second-order valence-corrected chi connectivity index (χ2v) is 3.70. The molecule has 0 unspecified atom stereocenters. The van der Waals surface area contributed by atoms with Crippen LogP contribution in [0.15, 0.2) is 18.2 Å². The number of hydrogen-bond donors (Lipinski definition) is 2. The van der Waals surface area contributed by atoms with Crippen molar-refractivity contribution in [1.29, 1.82) is 0 Å². The second kappa shape index (κ2) is 6.48. The smallest absolute Gasteiger partial charge is 0.338 e. The van der Waals surface area contributed by atoms with Crippen molar-refractivity contribution in [1.82, 2.24) is 0 Å². The fraction of sp³-hybridized carbons (Fsp3) is 0.333. The van der Waals surface area contributed by atoms with Crippen LogP contribution >= 0.6 is 0 Å². The molecule has 0 fully saturated rings. The Balaban J connectivity index is 2.43. The quantitative estimate of drug-likeness (QED) is 0.459. The molecule has 1 rings (SSSR count). The van der Waals surface area contributed by atoms with E-state index in [4.69, 9.17) is 16.2 Å². The lowest BCUT2D eigenvalue weighted by molar-refractivity contribution is -0.140. The van der Waals surface area contributed by atoms with Gasteiger partial charge in [-0.3, -0.25) is 4.79 Å². The van der Waals surface area contributed by atoms with Gasteiger partial charge in [-0.2, -0.15) is 0 Å². The van der Waals surface area contributed by atoms with E-state index in [9.17, 15) is 9.59 Å². The topological polar surface area (TPSA) is 105 Å². The van der Waals surface area contributed by atoms with E-state index in [1.165, 1.54) is 19.2 Å². The molecule has 0 heterocycles. The number of benzene rings is 1. The summed E-state index contributed by atoms with van der Waals surface area (Å²) in [5, 5.41) is 0. The van der Waals surface area contributed by atoms with Crippen LogP contribution in [-0.2, 0) is 14.3 Å². The Morgan fingerprint density at radius 2 is 1.78 bits per heavy atom. The highest BCUT2D eigenvalue weighted by molar-refractivity contribution is 5.91. The maximum absolute atomic E-state index is 11.6. The van der Waals surface area contributed by atoms with E-state index >= 15 is 0 Å². The molecule has 0 aliphatic rings. The molecule has 0 aromatic heterocycles. The summed E-state index contributed by atoms with van der Waals surface area (Å²) in [4.78, 5) is 22.4. The summed E-state index contributed by atoms with van der Waals surface area (Å²) in [7, 11) is 1.31. The van der Waals surface area contributed by atoms with Gasteiger partial charge in [-0.1, -0.05) is 0 Å². The monoisotopic (exact) mass is 252 g/mol. The van der Waals surface area contributed by atoms with Crippen molar-refractivity contribution in [2.24, 2.45) is 0 Å². The molecular weight excluding hydrogens is 236 g/mol. The van der Waals surface area contributed by atoms with Gasteiger partial charge < -0.3 is 20.9 Å². The maximum Gasteiger partial charge on any atom is 0.338 e. The Morgan fingerprint density at radius 3 is 2.33 bits per heavy atom. The lowest BCUT2D eigenvalue weighted by Gasteiger charge is -2.06. The fourth-order valence-corrected chi connectivity index (χ4v) is 1.36. The van der Waals surface area contributed by atoms with Crippen molar-refractivity contribution in [3.63, 3.8) is 0 Å². The highest BCUT2D eigenvalue weighted by Gasteiger charge is 2.09. The maximum atomic E-state index is 11.6. The Hall–Kier alpha value is -2.24. The molecule has 18 heavy (non-hydrogen) atoms. The van der Waals surface area contributed by atoms with Gasteiger partial charge in [0.15, 0.2) is 0 Å². The van der Waals surface area contributed by atoms with Gasteiger partial charge in [0.2, 0.25) is 0 Å². The number of esters is 2. The molecular formula is C12H16N2O4. The van der Waals surface area contributed by atoms with Crippen LogP contribution in [0.5, 0.6) is 0 Å². The molecule has 0 saturated heterocycles. The zero-order valence-electron chi connectivity index (χ0n) is 10.1. The standard InChI is InChI=1S/C12H16N2O4/c1-17-11(15)3-2-4-18-12(16)8-5-9(13)7-10(14)6-8/h5-7H,2-4,13-14H2,1H3. The van der Waals surface area contributed by atoms with Crippen LogP contribution in [0.4, 0.5) is 11.4 Å². The number of carbonyl (C=O) groups is 2. The van der Waals surface area contributed by atoms with E-state index < -0.39 is 5.97 Å². The SMILES string of the molecule is COC(=O)CCCOC(=O)c1cc(N)cc(N)c1. The highest BCUT2D eigenvalue weighted by atomic mass is 16.5. The van der Waals surface area contributed by atoms with E-state index in [-0.39, 0.29) is 19.0 Å². The Labute approximate surface area is 105 Å². The summed E-state index contributed by atoms with van der Waals surface area (Å²) in [6.45, 7) is 0.142. The lowest BCUT2D eigenvalue weighted by atomic mass is 10.2. The molecule has 0 spiro atoms. The summed E-state index contributed by atoms with van der Waals surface area (Å²) in [5.74, 6) is -0.849. The molecule has 0 aliphatic heterocycles. The van der Waals surface area contributed by atoms with Crippen LogP contribution in [0.3, 0.4) is 0 Å². The van der Waals surface area contributed by atoms with Crippen LogP contribution < -0.4 is 11.5 Å². The lowest BCUT2D eigenvalue weighted by Crippen LogP contribution is -2.09. The molecule has 4 N–H and O–H groups in total. The van der Waals surface area contributed by atoms with Gasteiger partial charge in [-0.15, -0.1) is 0 Å². The van der Waals surface area contributed by atoms with E-state index in [1.807, 2.05) is 0 Å². The molecule has 98 valence electrons. The van der Waals surface area contributed by atoms with Crippen molar-refractivity contribution >= 4 is 23.3 Å². The summed E-state index contributed by atoms with van der Waals surface area (Å²) in [6, 6.07) is 4.52. The van der Waals surface area contributed by atoms with Gasteiger partial charge in [0.1, 0.15) is 0 Å². The number of anilines is 2. The Kier molecular flexibility index (Phi) is 4.98. The first kappa shape index (κ1) is 13.8. The largest absolute Gasteiger partial charge is 0.469 e. The third kappa shape index (κ3) is 4.32. The van der Waals surface area contributed by atoms with Crippen molar-refractivity contribution < 1.29 is 19.1 Å². The van der Waals surface area contributed by atoms with Gasteiger partial charge in [-0.25, -0.2) is 4.79 Å². The van der Waals surface area contributed by atoms with Crippen molar-refractivity contribution in [2.45, 2.75) is 12.8 Å². The molecule has 1 aromatic carbocycles. The zero-order chi connectivity index (χ0) is 13.5. The first-order valence-corrected chi connectivity index (χ1v) is 5.43. The van der Waals surface area contributed by atoms with Gasteiger partial charge in [0, 0.05) is 17.8 Å². The molecule has 6 nitrogen and oxygen atoms in total. The first-order valence-electron chi connectivity index (χ1n) is 5.43. The van der Waals surface area contributed by atoms with Crippen molar-refractivity contribution in [3.05, 3.63) is 23.8 Å². The second-order valence-electron chi connectivity index (χ2n) is 3.70. The minimum absolute atomic E-state index is 0.142. The van der Waals surface area contributed by atoms with Crippen LogP contribution in [0.2, 0.25) is 0 Å². The third-order valence-electron chi connectivity index (χ3n) is 2.20. The molecule has 0 aliphatic carbocycles. The minimum atomic E-state index is -0.515. The Bertz CT molecular complexity index is 425. The summed E-state index contributed by atoms with van der Waals surface area (Å²) < 4.78 is 9.44. The fourth-order valence-electron chi connectivity index (χ4n) is 1.36. The number of methoxy groups -OCH3 is 1. The zero-order valence-corrected chi connectivity index (χ0v) is 10.1. The highest BCUT2D eigenvalue weighted by Crippen LogP contribution is 2.14. The summed E-state index contributed by atoms with van der Waals surface area (Å²) in [6.07, 6.45) is 0.624. The van der Waals surface area contributed by atoms with Gasteiger partial charge in [0.25, 0.3) is 0 Å². The minimum Gasteiger partial charge on any atom is -0.469 e. The van der Waals surface area contributed by atoms with E-state index in [0.717, 1.165) is 0 Å². The molecule has 0 amide bonds. The van der Waals surface area contributed by atoms with Gasteiger partial charge >= 0.3 is 11.9 Å². The predicted molar refractivity (Wildman–Crippen MR) is 66.8 cm³/mol. The summed E-state index contributed by atoms with van der Waals surface area (Å²) >= 11 is 0. The van der Waals surface area contributed by atoms with Crippen LogP contribution in [-0.4, -0.2) is 25.7 Å². The molecule has 1 aromatic rings. The van der Waals surface area contributed by atoms with E-state index in [2.05, 4.69) is 4.74 Å². The number of nitrogen functional groups attached to an aromatic ring is 2. The molecule has 0 saturated carbocycles. The van der Waals surface area contributed by atoms with Crippen LogP contribution in [0, 0.1) is 0 Å². The number of ether oxygens (including phenoxy) is 2. The van der Waals surface area contributed by atoms with Crippen LogP contribution in [0.1, 0.15) is 23.2 Å². The van der Waals surface area contributed by atoms with Crippen molar-refractivity contribution in [2.75, 3.05) is 25.2 Å². The molecule has 0 radical (unpaired) electrons. The third-order valence-corrected chi connectivity index (χ3v) is 2.20. The first-order chi connectivity index (χ1) is 8.52. The van der Waals surface area contributed by atoms with E-state index in [0.29, 0.717) is 23.4 Å². The predicted octanol–water partition coefficient (Wildman–Crippen LogP) is 0.961. The number of hydrogen-bond acceptors (Lipinski definition) is 6. The van der Waals surface area contributed by atoms with Gasteiger partial charge in [-0.05, 0) is 24.6 Å². The van der Waals surface area contributed by atoms with Gasteiger partial charge in [0.05, 0.1) is 19.3 Å². The molecule has 0 bridgehead atoms. The average molecular weight is 252 g/mol. The summed E-state index contributed by atoms with van der Waals surface area (Å²) in [5.41, 5.74) is 12.2. The number of rotatable bonds is 5. The van der Waals surface area contributed by atoms with E-state index in [1.54, 1.807) is 6.07 Å². The average Bonchev–Trinajstić information content (AvgIpc) is 2.32. The van der Waals surface area contributed by atoms with Crippen molar-refractivity contribution in [3.8, 4) is 0 Å².